The second kappa shape index (κ2) is 8.14. The number of hydrogen-bond donors (Lipinski definition) is 3. The van der Waals surface area contributed by atoms with Crippen LogP contribution in [-0.4, -0.2) is 52.8 Å². The molecule has 0 spiro atoms. The number of aromatic hydroxyl groups is 1. The first-order valence-corrected chi connectivity index (χ1v) is 6.66. The lowest BCUT2D eigenvalue weighted by Gasteiger charge is -2.34. The summed E-state index contributed by atoms with van der Waals surface area (Å²) in [5.41, 5.74) is 0.450. The quantitative estimate of drug-likeness (QED) is 0.554. The van der Waals surface area contributed by atoms with E-state index in [-0.39, 0.29) is 36.5 Å². The van der Waals surface area contributed by atoms with E-state index in [2.05, 4.69) is 10.2 Å². The summed E-state index contributed by atoms with van der Waals surface area (Å²) in [6, 6.07) is 3.81. The van der Waals surface area contributed by atoms with Gasteiger partial charge in [-0.15, -0.1) is 12.4 Å². The summed E-state index contributed by atoms with van der Waals surface area (Å²) in [5.74, 6) is 0.00340. The monoisotopic (exact) mass is 317 g/mol. The minimum absolute atomic E-state index is 0. The van der Waals surface area contributed by atoms with Gasteiger partial charge in [-0.3, -0.25) is 15.0 Å². The van der Waals surface area contributed by atoms with Gasteiger partial charge in [0.15, 0.2) is 0 Å². The van der Waals surface area contributed by atoms with E-state index in [0.29, 0.717) is 12.0 Å². The highest BCUT2D eigenvalue weighted by molar-refractivity contribution is 5.85. The van der Waals surface area contributed by atoms with Gasteiger partial charge in [0.1, 0.15) is 5.75 Å². The highest BCUT2D eigenvalue weighted by atomic mass is 35.5. The predicted molar refractivity (Wildman–Crippen MR) is 80.9 cm³/mol. The molecule has 1 saturated heterocycles. The fourth-order valence-corrected chi connectivity index (χ4v) is 2.63. The van der Waals surface area contributed by atoms with Gasteiger partial charge in [0, 0.05) is 44.9 Å². The molecule has 0 amide bonds. The lowest BCUT2D eigenvalue weighted by atomic mass is 9.99. The lowest BCUT2D eigenvalue weighted by molar-refractivity contribution is -0.386. The molecule has 7 nitrogen and oxygen atoms in total. The van der Waals surface area contributed by atoms with E-state index >= 15 is 0 Å². The molecule has 1 aliphatic heterocycles. The number of halogens is 1. The molecule has 0 unspecified atom stereocenters. The number of nitro groups is 1. The van der Waals surface area contributed by atoms with Gasteiger partial charge in [-0.1, -0.05) is 0 Å². The van der Waals surface area contributed by atoms with E-state index in [1.165, 1.54) is 18.2 Å². The molecule has 1 aromatic carbocycles. The van der Waals surface area contributed by atoms with E-state index in [4.69, 9.17) is 0 Å². The van der Waals surface area contributed by atoms with Crippen LogP contribution in [0.15, 0.2) is 18.2 Å². The number of nitrogens with zero attached hydrogens (tertiary/aromatic N) is 2. The van der Waals surface area contributed by atoms with Crippen molar-refractivity contribution in [1.29, 1.82) is 0 Å². The summed E-state index contributed by atoms with van der Waals surface area (Å²) in [5, 5.41) is 33.3. The normalized spacial score (nSPS) is 17.0. The average Bonchev–Trinajstić information content (AvgIpc) is 2.45. The van der Waals surface area contributed by atoms with Gasteiger partial charge in [0.05, 0.1) is 10.5 Å². The van der Waals surface area contributed by atoms with Crippen LogP contribution in [0.3, 0.4) is 0 Å². The van der Waals surface area contributed by atoms with Crippen LogP contribution in [0, 0.1) is 10.1 Å². The number of nitrogens with one attached hydrogen (secondary N) is 1. The molecule has 8 heteroatoms. The Balaban J connectivity index is 0.00000220. The maximum atomic E-state index is 11.2. The molecule has 0 aliphatic carbocycles. The Morgan fingerprint density at radius 3 is 2.62 bits per heavy atom. The minimum atomic E-state index is -0.443. The van der Waals surface area contributed by atoms with Crippen LogP contribution in [0.25, 0.3) is 0 Å². The SMILES string of the molecule is Cl.O=[N+]([O-])c1ccc(O)cc1[C@@H](CCO)N1CCNCC1. The molecule has 1 aliphatic rings. The zero-order chi connectivity index (χ0) is 14.5. The maximum absolute atomic E-state index is 11.2. The predicted octanol–water partition coefficient (Wildman–Crippen LogP) is 1.05. The fraction of sp³-hybridized carbons (Fsp3) is 0.538. The van der Waals surface area contributed by atoms with Crippen LogP contribution in [0.2, 0.25) is 0 Å². The standard InChI is InChI=1S/C13H19N3O4.ClH/c17-8-3-12(15-6-4-14-5-7-15)11-9-10(18)1-2-13(11)16(19)20;/h1-2,9,12,14,17-18H,3-8H2;1H/t12-;/m1./s1. The molecular formula is C13H20ClN3O4. The minimum Gasteiger partial charge on any atom is -0.508 e. The number of hydrogen-bond acceptors (Lipinski definition) is 6. The van der Waals surface area contributed by atoms with Crippen molar-refractivity contribution in [3.8, 4) is 5.75 Å². The van der Waals surface area contributed by atoms with Crippen LogP contribution in [0.1, 0.15) is 18.0 Å². The second-order valence-electron chi connectivity index (χ2n) is 4.81. The Hall–Kier alpha value is -1.41. The van der Waals surface area contributed by atoms with Gasteiger partial charge in [-0.25, -0.2) is 0 Å². The van der Waals surface area contributed by atoms with Crippen molar-refractivity contribution in [2.45, 2.75) is 12.5 Å². The zero-order valence-electron chi connectivity index (χ0n) is 11.6. The summed E-state index contributed by atoms with van der Waals surface area (Å²) in [7, 11) is 0. The molecule has 0 radical (unpaired) electrons. The van der Waals surface area contributed by atoms with Crippen molar-refractivity contribution in [3.05, 3.63) is 33.9 Å². The van der Waals surface area contributed by atoms with Crippen molar-refractivity contribution < 1.29 is 15.1 Å². The third-order valence-corrected chi connectivity index (χ3v) is 3.56. The highest BCUT2D eigenvalue weighted by Gasteiger charge is 2.28. The largest absolute Gasteiger partial charge is 0.508 e. The van der Waals surface area contributed by atoms with Crippen molar-refractivity contribution in [3.63, 3.8) is 0 Å². The smallest absolute Gasteiger partial charge is 0.274 e. The summed E-state index contributed by atoms with van der Waals surface area (Å²) < 4.78 is 0. The van der Waals surface area contributed by atoms with Crippen molar-refractivity contribution in [2.24, 2.45) is 0 Å². The van der Waals surface area contributed by atoms with E-state index in [1.807, 2.05) is 0 Å². The Morgan fingerprint density at radius 2 is 2.05 bits per heavy atom. The first kappa shape index (κ1) is 17.6. The molecule has 1 fully saturated rings. The van der Waals surface area contributed by atoms with E-state index in [0.717, 1.165) is 26.2 Å². The highest BCUT2D eigenvalue weighted by Crippen LogP contribution is 2.34. The lowest BCUT2D eigenvalue weighted by Crippen LogP contribution is -2.45. The van der Waals surface area contributed by atoms with Gasteiger partial charge in [0.25, 0.3) is 5.69 Å². The second-order valence-corrected chi connectivity index (χ2v) is 4.81. The Bertz CT molecular complexity index is 480. The number of rotatable bonds is 5. The third kappa shape index (κ3) is 4.28. The topological polar surface area (TPSA) is 98.9 Å². The van der Waals surface area contributed by atoms with E-state index in [9.17, 15) is 20.3 Å². The van der Waals surface area contributed by atoms with Crippen molar-refractivity contribution in [2.75, 3.05) is 32.8 Å². The summed E-state index contributed by atoms with van der Waals surface area (Å²) in [6.07, 6.45) is 0.407. The molecule has 1 aromatic rings. The molecule has 1 atom stereocenters. The number of phenols is 1. The number of aliphatic hydroxyl groups is 1. The number of benzene rings is 1. The summed E-state index contributed by atoms with van der Waals surface area (Å²) >= 11 is 0. The number of nitro benzene ring substituents is 1. The Labute approximate surface area is 129 Å². The molecule has 3 N–H and O–H groups in total. The molecule has 118 valence electrons. The van der Waals surface area contributed by atoms with Crippen LogP contribution in [0.5, 0.6) is 5.75 Å². The zero-order valence-corrected chi connectivity index (χ0v) is 12.4. The maximum Gasteiger partial charge on any atom is 0.274 e. The van der Waals surface area contributed by atoms with E-state index < -0.39 is 4.92 Å². The van der Waals surface area contributed by atoms with Gasteiger partial charge >= 0.3 is 0 Å². The summed E-state index contributed by atoms with van der Waals surface area (Å²) in [4.78, 5) is 12.8. The third-order valence-electron chi connectivity index (χ3n) is 3.56. The average molecular weight is 318 g/mol. The van der Waals surface area contributed by atoms with Gasteiger partial charge < -0.3 is 15.5 Å². The molecule has 21 heavy (non-hydrogen) atoms. The van der Waals surface area contributed by atoms with E-state index in [1.54, 1.807) is 0 Å². The first-order valence-electron chi connectivity index (χ1n) is 6.66. The summed E-state index contributed by atoms with van der Waals surface area (Å²) in [6.45, 7) is 3.10. The molecule has 0 aromatic heterocycles. The molecular weight excluding hydrogens is 298 g/mol. The number of phenolic OH excluding ortho intramolecular Hbond substituents is 1. The van der Waals surface area contributed by atoms with Crippen LogP contribution in [0.4, 0.5) is 5.69 Å². The molecule has 1 heterocycles. The number of piperazine rings is 1. The molecule has 2 rings (SSSR count). The van der Waals surface area contributed by atoms with Crippen molar-refractivity contribution >= 4 is 18.1 Å². The van der Waals surface area contributed by atoms with Gasteiger partial charge in [0.2, 0.25) is 0 Å². The molecule has 0 saturated carbocycles. The fourth-order valence-electron chi connectivity index (χ4n) is 2.63. The Morgan fingerprint density at radius 1 is 1.38 bits per heavy atom. The van der Waals surface area contributed by atoms with Crippen LogP contribution >= 0.6 is 12.4 Å². The Kier molecular flexibility index (Phi) is 6.83. The molecule has 0 bridgehead atoms. The van der Waals surface area contributed by atoms with Crippen LogP contribution in [-0.2, 0) is 0 Å². The van der Waals surface area contributed by atoms with Gasteiger partial charge in [-0.2, -0.15) is 0 Å². The van der Waals surface area contributed by atoms with Crippen LogP contribution < -0.4 is 5.32 Å². The van der Waals surface area contributed by atoms with Crippen molar-refractivity contribution in [1.82, 2.24) is 10.2 Å². The van der Waals surface area contributed by atoms with Gasteiger partial charge in [-0.05, 0) is 18.6 Å². The first-order chi connectivity index (χ1) is 9.63. The number of aliphatic hydroxyl groups excluding tert-OH is 1.